The fourth-order valence-corrected chi connectivity index (χ4v) is 2.80. The molecule has 6 heteroatoms. The largest absolute Gasteiger partial charge is 0.147 e. The Kier molecular flexibility index (Phi) is 4.19. The summed E-state index contributed by atoms with van der Waals surface area (Å²) in [4.78, 5) is 0. The van der Waals surface area contributed by atoms with E-state index in [1.165, 1.54) is 0 Å². The van der Waals surface area contributed by atoms with E-state index in [-0.39, 0.29) is 0 Å². The summed E-state index contributed by atoms with van der Waals surface area (Å²) in [6.45, 7) is 0. The Morgan fingerprint density at radius 1 is 1.31 bits per heavy atom. The molecule has 0 atom stereocenters. The first-order valence-corrected chi connectivity index (χ1v) is 7.06. The van der Waals surface area contributed by atoms with Crippen LogP contribution in [0.5, 0.6) is 0 Å². The van der Waals surface area contributed by atoms with Crippen molar-refractivity contribution in [3.05, 3.63) is 32.7 Å². The molecule has 1 aromatic carbocycles. The second-order valence-electron chi connectivity index (χ2n) is 3.07. The van der Waals surface area contributed by atoms with Crippen LogP contribution in [0.1, 0.15) is 5.01 Å². The van der Waals surface area contributed by atoms with Crippen molar-refractivity contribution in [1.82, 2.24) is 10.2 Å². The fraction of sp³-hybridized carbons (Fsp3) is 0.200. The number of hydrogen-bond donors (Lipinski definition) is 0. The van der Waals surface area contributed by atoms with E-state index < -0.39 is 0 Å². The molecular formula is C10H7BrCl2N2S. The molecule has 0 unspecified atom stereocenters. The monoisotopic (exact) mass is 336 g/mol. The second-order valence-corrected chi connectivity index (χ2v) is 5.77. The van der Waals surface area contributed by atoms with Gasteiger partial charge in [-0.25, -0.2) is 0 Å². The lowest BCUT2D eigenvalue weighted by Crippen LogP contribution is -1.83. The van der Waals surface area contributed by atoms with Crippen molar-refractivity contribution in [1.29, 1.82) is 0 Å². The molecule has 0 aliphatic carbocycles. The topological polar surface area (TPSA) is 25.8 Å². The number of nitrogens with zero attached hydrogens (tertiary/aromatic N) is 2. The van der Waals surface area contributed by atoms with E-state index in [1.54, 1.807) is 11.3 Å². The van der Waals surface area contributed by atoms with E-state index in [9.17, 15) is 0 Å². The Bertz CT molecular complexity index is 501. The highest BCUT2D eigenvalue weighted by molar-refractivity contribution is 9.10. The van der Waals surface area contributed by atoms with E-state index >= 15 is 0 Å². The minimum atomic E-state index is 0.568. The number of aromatic nitrogens is 2. The predicted molar refractivity (Wildman–Crippen MR) is 72.5 cm³/mol. The van der Waals surface area contributed by atoms with E-state index in [4.69, 9.17) is 23.2 Å². The molecule has 0 aliphatic heterocycles. The summed E-state index contributed by atoms with van der Waals surface area (Å²) in [7, 11) is 0. The second kappa shape index (κ2) is 5.45. The molecule has 84 valence electrons. The molecule has 1 heterocycles. The van der Waals surface area contributed by atoms with Crippen LogP contribution in [0, 0.1) is 0 Å². The highest BCUT2D eigenvalue weighted by Crippen LogP contribution is 2.30. The summed E-state index contributed by atoms with van der Waals surface area (Å²) in [6, 6.07) is 5.70. The maximum Gasteiger partial charge on any atom is 0.147 e. The minimum Gasteiger partial charge on any atom is -0.143 e. The zero-order chi connectivity index (χ0) is 11.5. The van der Waals surface area contributed by atoms with Gasteiger partial charge in [0.25, 0.3) is 0 Å². The Balaban J connectivity index is 2.31. The van der Waals surface area contributed by atoms with Gasteiger partial charge >= 0.3 is 0 Å². The van der Waals surface area contributed by atoms with Crippen molar-refractivity contribution >= 4 is 50.5 Å². The lowest BCUT2D eigenvalue weighted by Gasteiger charge is -1.98. The van der Waals surface area contributed by atoms with Gasteiger partial charge in [-0.3, -0.25) is 0 Å². The Morgan fingerprint density at radius 3 is 2.81 bits per heavy atom. The van der Waals surface area contributed by atoms with Crippen LogP contribution >= 0.6 is 50.5 Å². The summed E-state index contributed by atoms with van der Waals surface area (Å²) in [5, 5.41) is 10.7. The molecule has 0 N–H and O–H groups in total. The van der Waals surface area contributed by atoms with Crippen LogP contribution in [0.15, 0.2) is 22.7 Å². The summed E-state index contributed by atoms with van der Waals surface area (Å²) in [5.41, 5.74) is 1.01. The van der Waals surface area contributed by atoms with Crippen LogP contribution < -0.4 is 0 Å². The molecule has 1 aromatic heterocycles. The van der Waals surface area contributed by atoms with Gasteiger partial charge in [-0.15, -0.1) is 21.8 Å². The fourth-order valence-electron chi connectivity index (χ4n) is 1.18. The van der Waals surface area contributed by atoms with Crippen molar-refractivity contribution in [2.75, 3.05) is 5.88 Å². The molecule has 0 fully saturated rings. The summed E-state index contributed by atoms with van der Waals surface area (Å²) >= 11 is 16.5. The third-order valence-electron chi connectivity index (χ3n) is 1.94. The van der Waals surface area contributed by atoms with Gasteiger partial charge in [0.05, 0.1) is 5.02 Å². The summed E-state index contributed by atoms with van der Waals surface area (Å²) in [5.74, 6) is 0.568. The van der Waals surface area contributed by atoms with E-state index in [2.05, 4.69) is 26.1 Å². The third kappa shape index (κ3) is 2.74. The van der Waals surface area contributed by atoms with Crippen molar-refractivity contribution in [2.45, 2.75) is 6.42 Å². The molecule has 0 amide bonds. The molecule has 0 saturated carbocycles. The Labute approximate surface area is 116 Å². The van der Waals surface area contributed by atoms with Gasteiger partial charge in [0, 0.05) is 22.3 Å². The Hall–Kier alpha value is -0.160. The van der Waals surface area contributed by atoms with Crippen molar-refractivity contribution in [3.63, 3.8) is 0 Å². The maximum atomic E-state index is 5.93. The molecule has 0 bridgehead atoms. The van der Waals surface area contributed by atoms with Gasteiger partial charge in [-0.05, 0) is 28.1 Å². The molecule has 0 saturated heterocycles. The minimum absolute atomic E-state index is 0.568. The van der Waals surface area contributed by atoms with E-state index in [0.29, 0.717) is 10.9 Å². The van der Waals surface area contributed by atoms with Crippen molar-refractivity contribution < 1.29 is 0 Å². The average Bonchev–Trinajstić information content (AvgIpc) is 2.71. The summed E-state index contributed by atoms with van der Waals surface area (Å²) in [6.07, 6.45) is 0.758. The van der Waals surface area contributed by atoms with Crippen molar-refractivity contribution in [3.8, 4) is 10.6 Å². The lowest BCUT2D eigenvalue weighted by atomic mass is 10.2. The molecule has 16 heavy (non-hydrogen) atoms. The normalized spacial score (nSPS) is 10.7. The first-order valence-electron chi connectivity index (χ1n) is 4.54. The molecule has 2 aromatic rings. The predicted octanol–water partition coefficient (Wildman–Crippen LogP) is 4.40. The van der Waals surface area contributed by atoms with Gasteiger partial charge in [0.1, 0.15) is 10.0 Å². The summed E-state index contributed by atoms with van der Waals surface area (Å²) < 4.78 is 0.862. The quantitative estimate of drug-likeness (QED) is 0.775. The zero-order valence-corrected chi connectivity index (χ0v) is 12.0. The number of benzene rings is 1. The van der Waals surface area contributed by atoms with Crippen LogP contribution in [-0.4, -0.2) is 16.1 Å². The van der Waals surface area contributed by atoms with Gasteiger partial charge in [0.2, 0.25) is 0 Å². The SMILES string of the molecule is ClCCc1nnc(-c2ccc(Cl)c(Br)c2)s1. The number of hydrogen-bond acceptors (Lipinski definition) is 3. The third-order valence-corrected chi connectivity index (χ3v) is 4.38. The van der Waals surface area contributed by atoms with Gasteiger partial charge in [-0.1, -0.05) is 29.0 Å². The van der Waals surface area contributed by atoms with Crippen LogP contribution in [0.2, 0.25) is 5.02 Å². The smallest absolute Gasteiger partial charge is 0.143 e. The standard InChI is InChI=1S/C10H7BrCl2N2S/c11-7-5-6(1-2-8(7)13)10-15-14-9(16-10)3-4-12/h1-2,5H,3-4H2. The van der Waals surface area contributed by atoms with Crippen LogP contribution in [-0.2, 0) is 6.42 Å². The maximum absolute atomic E-state index is 5.93. The van der Waals surface area contributed by atoms with E-state index in [1.807, 2.05) is 18.2 Å². The molecule has 2 nitrogen and oxygen atoms in total. The van der Waals surface area contributed by atoms with Gasteiger partial charge < -0.3 is 0 Å². The van der Waals surface area contributed by atoms with Crippen LogP contribution in [0.3, 0.4) is 0 Å². The molecule has 0 spiro atoms. The zero-order valence-electron chi connectivity index (χ0n) is 8.08. The highest BCUT2D eigenvalue weighted by Gasteiger charge is 2.07. The number of rotatable bonds is 3. The average molecular weight is 338 g/mol. The molecule has 2 rings (SSSR count). The molecule has 0 radical (unpaired) electrons. The first kappa shape index (κ1) is 12.3. The molecular weight excluding hydrogens is 331 g/mol. The highest BCUT2D eigenvalue weighted by atomic mass is 79.9. The number of alkyl halides is 1. The first-order chi connectivity index (χ1) is 7.70. The van der Waals surface area contributed by atoms with Crippen LogP contribution in [0.25, 0.3) is 10.6 Å². The Morgan fingerprint density at radius 2 is 2.12 bits per heavy atom. The van der Waals surface area contributed by atoms with Gasteiger partial charge in [-0.2, -0.15) is 0 Å². The number of halogens is 3. The lowest BCUT2D eigenvalue weighted by molar-refractivity contribution is 0.990. The molecule has 0 aliphatic rings. The number of aryl methyl sites for hydroxylation is 1. The van der Waals surface area contributed by atoms with Gasteiger partial charge in [0.15, 0.2) is 0 Å². The van der Waals surface area contributed by atoms with Crippen LogP contribution in [0.4, 0.5) is 0 Å². The van der Waals surface area contributed by atoms with E-state index in [0.717, 1.165) is 26.5 Å². The van der Waals surface area contributed by atoms with Crippen molar-refractivity contribution in [2.24, 2.45) is 0 Å².